The van der Waals surface area contributed by atoms with E-state index in [1.54, 1.807) is 0 Å². The van der Waals surface area contributed by atoms with Crippen molar-refractivity contribution in [3.63, 3.8) is 0 Å². The molecular weight excluding hydrogens is 272 g/mol. The molecule has 2 rings (SSSR count). The molecule has 82 valence electrons. The monoisotopic (exact) mass is 280 g/mol. The fraction of sp³-hybridized carbons (Fsp3) is 0.182. The SMILES string of the molecule is Cc1nc(CC(=O)O)nc2c(Br)cccc12. The third kappa shape index (κ3) is 2.04. The zero-order valence-electron chi connectivity index (χ0n) is 8.57. The lowest BCUT2D eigenvalue weighted by molar-refractivity contribution is -0.136. The Morgan fingerprint density at radius 1 is 1.44 bits per heavy atom. The van der Waals surface area contributed by atoms with Crippen molar-refractivity contribution in [1.29, 1.82) is 0 Å². The van der Waals surface area contributed by atoms with Crippen LogP contribution < -0.4 is 0 Å². The summed E-state index contributed by atoms with van der Waals surface area (Å²) in [6.45, 7) is 1.85. The average molecular weight is 281 g/mol. The van der Waals surface area contributed by atoms with E-state index in [4.69, 9.17) is 5.11 Å². The largest absolute Gasteiger partial charge is 0.481 e. The second kappa shape index (κ2) is 4.17. The zero-order valence-corrected chi connectivity index (χ0v) is 10.2. The van der Waals surface area contributed by atoms with E-state index in [1.807, 2.05) is 25.1 Å². The van der Waals surface area contributed by atoms with Crippen molar-refractivity contribution in [3.05, 3.63) is 34.2 Å². The Bertz CT molecular complexity index is 569. The van der Waals surface area contributed by atoms with Crippen molar-refractivity contribution in [2.24, 2.45) is 0 Å². The van der Waals surface area contributed by atoms with Crippen molar-refractivity contribution >= 4 is 32.8 Å². The number of carbonyl (C=O) groups is 1. The molecule has 5 heteroatoms. The molecule has 0 radical (unpaired) electrons. The minimum absolute atomic E-state index is 0.155. The molecule has 1 N–H and O–H groups in total. The number of carboxylic acid groups (broad SMARTS) is 1. The van der Waals surface area contributed by atoms with Crippen LogP contribution in [-0.4, -0.2) is 21.0 Å². The molecule has 0 amide bonds. The molecule has 2 aromatic rings. The number of para-hydroxylation sites is 1. The van der Waals surface area contributed by atoms with Crippen LogP contribution in [0.3, 0.4) is 0 Å². The summed E-state index contributed by atoms with van der Waals surface area (Å²) < 4.78 is 0.849. The van der Waals surface area contributed by atoms with E-state index in [0.717, 1.165) is 21.1 Å². The van der Waals surface area contributed by atoms with E-state index in [-0.39, 0.29) is 6.42 Å². The van der Waals surface area contributed by atoms with Crippen LogP contribution in [0.15, 0.2) is 22.7 Å². The lowest BCUT2D eigenvalue weighted by Gasteiger charge is -2.05. The van der Waals surface area contributed by atoms with E-state index < -0.39 is 5.97 Å². The summed E-state index contributed by atoms with van der Waals surface area (Å²) >= 11 is 3.39. The molecule has 0 saturated heterocycles. The molecule has 1 heterocycles. The molecule has 0 atom stereocenters. The maximum atomic E-state index is 10.6. The van der Waals surface area contributed by atoms with E-state index in [1.165, 1.54) is 0 Å². The second-order valence-electron chi connectivity index (χ2n) is 3.43. The summed E-state index contributed by atoms with van der Waals surface area (Å²) in [5, 5.41) is 9.64. The molecule has 0 bridgehead atoms. The van der Waals surface area contributed by atoms with Crippen LogP contribution in [0.4, 0.5) is 0 Å². The molecule has 0 aliphatic carbocycles. The van der Waals surface area contributed by atoms with Crippen molar-refractivity contribution in [2.75, 3.05) is 0 Å². The standard InChI is InChI=1S/C11H9BrN2O2/c1-6-7-3-2-4-8(12)11(7)14-9(13-6)5-10(15)16/h2-4H,5H2,1H3,(H,15,16). The Morgan fingerprint density at radius 3 is 2.88 bits per heavy atom. The fourth-order valence-electron chi connectivity index (χ4n) is 1.54. The lowest BCUT2D eigenvalue weighted by Crippen LogP contribution is -2.06. The predicted molar refractivity (Wildman–Crippen MR) is 63.3 cm³/mol. The zero-order chi connectivity index (χ0) is 11.7. The van der Waals surface area contributed by atoms with Gasteiger partial charge in [0.15, 0.2) is 0 Å². The maximum Gasteiger partial charge on any atom is 0.311 e. The minimum atomic E-state index is -0.925. The van der Waals surface area contributed by atoms with Gasteiger partial charge < -0.3 is 5.11 Å². The molecule has 0 saturated carbocycles. The topological polar surface area (TPSA) is 63.1 Å². The first kappa shape index (κ1) is 11.0. The van der Waals surface area contributed by atoms with Gasteiger partial charge in [0.1, 0.15) is 12.2 Å². The number of aromatic nitrogens is 2. The molecule has 1 aromatic heterocycles. The number of hydrogen-bond donors (Lipinski definition) is 1. The van der Waals surface area contributed by atoms with E-state index in [0.29, 0.717) is 5.82 Å². The van der Waals surface area contributed by atoms with Gasteiger partial charge in [-0.05, 0) is 28.9 Å². The number of fused-ring (bicyclic) bond motifs is 1. The average Bonchev–Trinajstić information content (AvgIpc) is 2.19. The second-order valence-corrected chi connectivity index (χ2v) is 4.29. The molecule has 0 unspecified atom stereocenters. The van der Waals surface area contributed by atoms with Crippen LogP contribution in [0.25, 0.3) is 10.9 Å². The van der Waals surface area contributed by atoms with Crippen molar-refractivity contribution in [1.82, 2.24) is 9.97 Å². The summed E-state index contributed by atoms with van der Waals surface area (Å²) in [6.07, 6.45) is -0.155. The van der Waals surface area contributed by atoms with Crippen molar-refractivity contribution in [2.45, 2.75) is 13.3 Å². The molecule has 0 fully saturated rings. The van der Waals surface area contributed by atoms with Crippen LogP contribution in [-0.2, 0) is 11.2 Å². The number of hydrogen-bond acceptors (Lipinski definition) is 3. The van der Waals surface area contributed by atoms with Gasteiger partial charge >= 0.3 is 5.97 Å². The summed E-state index contributed by atoms with van der Waals surface area (Å²) in [4.78, 5) is 19.0. The Balaban J connectivity index is 2.65. The third-order valence-corrected chi connectivity index (χ3v) is 2.86. The van der Waals surface area contributed by atoms with Gasteiger partial charge in [0.2, 0.25) is 0 Å². The highest BCUT2D eigenvalue weighted by Crippen LogP contribution is 2.23. The van der Waals surface area contributed by atoms with Crippen LogP contribution in [0, 0.1) is 6.92 Å². The van der Waals surface area contributed by atoms with Gasteiger partial charge in [-0.2, -0.15) is 0 Å². The van der Waals surface area contributed by atoms with Crippen LogP contribution in [0.2, 0.25) is 0 Å². The fourth-order valence-corrected chi connectivity index (χ4v) is 2.00. The van der Waals surface area contributed by atoms with E-state index in [2.05, 4.69) is 25.9 Å². The minimum Gasteiger partial charge on any atom is -0.481 e. The highest BCUT2D eigenvalue weighted by molar-refractivity contribution is 9.10. The van der Waals surface area contributed by atoms with Gasteiger partial charge in [0.05, 0.1) is 5.52 Å². The predicted octanol–water partition coefficient (Wildman–Crippen LogP) is 2.33. The smallest absolute Gasteiger partial charge is 0.311 e. The number of halogens is 1. The molecule has 0 spiro atoms. The van der Waals surface area contributed by atoms with Crippen LogP contribution >= 0.6 is 15.9 Å². The molecule has 0 aliphatic heterocycles. The molecule has 4 nitrogen and oxygen atoms in total. The highest BCUT2D eigenvalue weighted by atomic mass is 79.9. The summed E-state index contributed by atoms with van der Waals surface area (Å²) in [5.41, 5.74) is 1.55. The summed E-state index contributed by atoms with van der Waals surface area (Å²) in [6, 6.07) is 5.69. The van der Waals surface area contributed by atoms with Gasteiger partial charge in [-0.1, -0.05) is 12.1 Å². The van der Waals surface area contributed by atoms with Gasteiger partial charge in [-0.3, -0.25) is 4.79 Å². The maximum absolute atomic E-state index is 10.6. The van der Waals surface area contributed by atoms with Gasteiger partial charge in [0, 0.05) is 15.6 Å². The first-order valence-electron chi connectivity index (χ1n) is 4.71. The number of nitrogens with zero attached hydrogens (tertiary/aromatic N) is 2. The number of aryl methyl sites for hydroxylation is 1. The highest BCUT2D eigenvalue weighted by Gasteiger charge is 2.09. The van der Waals surface area contributed by atoms with E-state index in [9.17, 15) is 4.79 Å². The Morgan fingerprint density at radius 2 is 2.19 bits per heavy atom. The van der Waals surface area contributed by atoms with E-state index >= 15 is 0 Å². The normalized spacial score (nSPS) is 10.6. The van der Waals surface area contributed by atoms with Gasteiger partial charge in [0.25, 0.3) is 0 Å². The Labute approximate surface area is 100 Å². The molecule has 0 aliphatic rings. The first-order chi connectivity index (χ1) is 7.58. The van der Waals surface area contributed by atoms with Crippen molar-refractivity contribution < 1.29 is 9.90 Å². The molecule has 16 heavy (non-hydrogen) atoms. The first-order valence-corrected chi connectivity index (χ1v) is 5.51. The number of rotatable bonds is 2. The van der Waals surface area contributed by atoms with Gasteiger partial charge in [-0.25, -0.2) is 9.97 Å². The summed E-state index contributed by atoms with van der Waals surface area (Å²) in [5.74, 6) is -0.588. The number of aliphatic carboxylic acids is 1. The quantitative estimate of drug-likeness (QED) is 0.917. The molecule has 1 aromatic carbocycles. The summed E-state index contributed by atoms with van der Waals surface area (Å²) in [7, 11) is 0. The number of benzene rings is 1. The molecular formula is C11H9BrN2O2. The Hall–Kier alpha value is -1.49. The van der Waals surface area contributed by atoms with Crippen LogP contribution in [0.1, 0.15) is 11.5 Å². The van der Waals surface area contributed by atoms with Crippen LogP contribution in [0.5, 0.6) is 0 Å². The Kier molecular flexibility index (Phi) is 2.87. The lowest BCUT2D eigenvalue weighted by atomic mass is 10.2. The van der Waals surface area contributed by atoms with Crippen molar-refractivity contribution in [3.8, 4) is 0 Å². The third-order valence-electron chi connectivity index (χ3n) is 2.22. The van der Waals surface area contributed by atoms with Gasteiger partial charge in [-0.15, -0.1) is 0 Å². The number of carboxylic acids is 1.